The molecule has 0 aliphatic rings. The maximum absolute atomic E-state index is 12.2. The molecular weight excluding hydrogens is 328 g/mol. The maximum Gasteiger partial charge on any atom is 0.260 e. The van der Waals surface area contributed by atoms with Crippen LogP contribution in [-0.4, -0.2) is 31.6 Å². The van der Waals surface area contributed by atoms with Crippen LogP contribution in [-0.2, 0) is 0 Å². The fraction of sp³-hybridized carbons (Fsp3) is 0.133. The second kappa shape index (κ2) is 6.20. The zero-order valence-electron chi connectivity index (χ0n) is 13.0. The van der Waals surface area contributed by atoms with Gasteiger partial charge in [-0.3, -0.25) is 14.9 Å². The fourth-order valence-corrected chi connectivity index (χ4v) is 2.79. The Morgan fingerprint density at radius 2 is 2.00 bits per heavy atom. The second-order valence-electron chi connectivity index (χ2n) is 5.09. The van der Waals surface area contributed by atoms with Crippen molar-refractivity contribution in [2.75, 3.05) is 5.32 Å². The normalized spacial score (nSPS) is 10.6. The lowest BCUT2D eigenvalue weighted by Gasteiger charge is -2.05. The molecule has 0 radical (unpaired) electrons. The van der Waals surface area contributed by atoms with Crippen LogP contribution < -0.4 is 11.1 Å². The van der Waals surface area contributed by atoms with Gasteiger partial charge in [0.2, 0.25) is 0 Å². The van der Waals surface area contributed by atoms with E-state index in [0.29, 0.717) is 16.5 Å². The number of rotatable bonds is 4. The average molecular weight is 342 g/mol. The number of thiazole rings is 1. The van der Waals surface area contributed by atoms with E-state index in [9.17, 15) is 9.59 Å². The number of carbonyl (C=O) groups is 2. The minimum absolute atomic E-state index is 0.281. The van der Waals surface area contributed by atoms with Crippen LogP contribution in [0.3, 0.4) is 0 Å². The number of pyridine rings is 1. The third kappa shape index (κ3) is 3.15. The predicted molar refractivity (Wildman–Crippen MR) is 89.4 cm³/mol. The standard InChI is InChI=1S/C15H14N6O2S/c1-8-5-9(2)21(20-8)12-4-3-10(6-17-12)14(23)19-15-18-7-11(24-15)13(16)22/h3-7H,1-2H3,(H2,16,22)(H,18,19,23). The van der Waals surface area contributed by atoms with Gasteiger partial charge in [0.25, 0.3) is 11.8 Å². The van der Waals surface area contributed by atoms with E-state index in [1.807, 2.05) is 19.9 Å². The van der Waals surface area contributed by atoms with Gasteiger partial charge in [0.05, 0.1) is 17.5 Å². The number of nitrogens with two attached hydrogens (primary N) is 1. The summed E-state index contributed by atoms with van der Waals surface area (Å²) in [5, 5.41) is 7.25. The minimum Gasteiger partial charge on any atom is -0.365 e. The van der Waals surface area contributed by atoms with Crippen molar-refractivity contribution in [2.45, 2.75) is 13.8 Å². The van der Waals surface area contributed by atoms with E-state index in [4.69, 9.17) is 5.73 Å². The van der Waals surface area contributed by atoms with Crippen molar-refractivity contribution in [3.8, 4) is 5.82 Å². The summed E-state index contributed by atoms with van der Waals surface area (Å²) < 4.78 is 1.71. The van der Waals surface area contributed by atoms with Gasteiger partial charge in [-0.2, -0.15) is 5.10 Å². The molecule has 0 bridgehead atoms. The van der Waals surface area contributed by atoms with Crippen molar-refractivity contribution in [3.05, 3.63) is 52.4 Å². The lowest BCUT2D eigenvalue weighted by Crippen LogP contribution is -2.12. The molecule has 0 aliphatic carbocycles. The first kappa shape index (κ1) is 15.8. The molecule has 122 valence electrons. The van der Waals surface area contributed by atoms with Gasteiger partial charge in [0, 0.05) is 11.9 Å². The Balaban J connectivity index is 1.76. The van der Waals surface area contributed by atoms with Gasteiger partial charge in [0.1, 0.15) is 4.88 Å². The van der Waals surface area contributed by atoms with Gasteiger partial charge in [-0.05, 0) is 32.0 Å². The number of hydrogen-bond donors (Lipinski definition) is 2. The third-order valence-electron chi connectivity index (χ3n) is 3.21. The van der Waals surface area contributed by atoms with Crippen molar-refractivity contribution in [1.29, 1.82) is 0 Å². The number of primary amides is 1. The summed E-state index contributed by atoms with van der Waals surface area (Å²) in [6.07, 6.45) is 2.79. The van der Waals surface area contributed by atoms with E-state index in [-0.39, 0.29) is 10.8 Å². The number of aromatic nitrogens is 4. The molecule has 0 spiro atoms. The molecule has 0 unspecified atom stereocenters. The molecule has 8 nitrogen and oxygen atoms in total. The van der Waals surface area contributed by atoms with Crippen LogP contribution in [0.2, 0.25) is 0 Å². The van der Waals surface area contributed by atoms with E-state index in [1.165, 1.54) is 12.4 Å². The summed E-state index contributed by atoms with van der Waals surface area (Å²) in [5.74, 6) is -0.320. The van der Waals surface area contributed by atoms with E-state index in [2.05, 4.69) is 20.4 Å². The lowest BCUT2D eigenvalue weighted by molar-refractivity contribution is 0.100. The fourth-order valence-electron chi connectivity index (χ4n) is 2.12. The number of amides is 2. The highest BCUT2D eigenvalue weighted by Gasteiger charge is 2.12. The zero-order valence-corrected chi connectivity index (χ0v) is 13.8. The summed E-state index contributed by atoms with van der Waals surface area (Å²) in [5.41, 5.74) is 7.38. The van der Waals surface area contributed by atoms with Crippen molar-refractivity contribution in [1.82, 2.24) is 19.7 Å². The van der Waals surface area contributed by atoms with E-state index in [1.54, 1.807) is 16.8 Å². The third-order valence-corrected chi connectivity index (χ3v) is 4.13. The Kier molecular flexibility index (Phi) is 4.09. The van der Waals surface area contributed by atoms with E-state index < -0.39 is 5.91 Å². The van der Waals surface area contributed by atoms with Crippen LogP contribution in [0.25, 0.3) is 5.82 Å². The number of aryl methyl sites for hydroxylation is 2. The van der Waals surface area contributed by atoms with Crippen molar-refractivity contribution >= 4 is 28.3 Å². The molecule has 0 saturated heterocycles. The molecule has 0 aromatic carbocycles. The Morgan fingerprint density at radius 1 is 1.21 bits per heavy atom. The number of hydrogen-bond acceptors (Lipinski definition) is 6. The SMILES string of the molecule is Cc1cc(C)n(-c2ccc(C(=O)Nc3ncc(C(N)=O)s3)cn2)n1. The molecule has 0 aliphatic heterocycles. The van der Waals surface area contributed by atoms with Crippen LogP contribution in [0.1, 0.15) is 31.4 Å². The predicted octanol–water partition coefficient (Wildman–Crippen LogP) is 1.69. The summed E-state index contributed by atoms with van der Waals surface area (Å²) in [6.45, 7) is 3.83. The highest BCUT2D eigenvalue weighted by Crippen LogP contribution is 2.18. The van der Waals surface area contributed by atoms with Crippen molar-refractivity contribution in [3.63, 3.8) is 0 Å². The largest absolute Gasteiger partial charge is 0.365 e. The van der Waals surface area contributed by atoms with Crippen LogP contribution in [0.15, 0.2) is 30.6 Å². The quantitative estimate of drug-likeness (QED) is 0.748. The molecule has 3 rings (SSSR count). The number of nitrogens with zero attached hydrogens (tertiary/aromatic N) is 4. The Labute approximate surface area is 141 Å². The molecule has 3 aromatic heterocycles. The number of anilines is 1. The van der Waals surface area contributed by atoms with Gasteiger partial charge in [-0.15, -0.1) is 0 Å². The lowest BCUT2D eigenvalue weighted by atomic mass is 10.2. The summed E-state index contributed by atoms with van der Waals surface area (Å²) >= 11 is 1.02. The average Bonchev–Trinajstić information content (AvgIpc) is 3.14. The zero-order chi connectivity index (χ0) is 17.3. The van der Waals surface area contributed by atoms with Gasteiger partial charge >= 0.3 is 0 Å². The summed E-state index contributed by atoms with van der Waals surface area (Å²) in [4.78, 5) is 31.7. The first-order chi connectivity index (χ1) is 11.4. The molecule has 0 atom stereocenters. The van der Waals surface area contributed by atoms with Gasteiger partial charge in [0.15, 0.2) is 10.9 Å². The number of nitrogens with one attached hydrogen (secondary N) is 1. The van der Waals surface area contributed by atoms with Crippen molar-refractivity contribution < 1.29 is 9.59 Å². The van der Waals surface area contributed by atoms with Crippen molar-refractivity contribution in [2.24, 2.45) is 5.73 Å². The number of carbonyl (C=O) groups excluding carboxylic acids is 2. The Bertz CT molecular complexity index is 912. The topological polar surface area (TPSA) is 116 Å². The first-order valence-corrected chi connectivity index (χ1v) is 7.82. The highest BCUT2D eigenvalue weighted by atomic mass is 32.1. The molecule has 3 aromatic rings. The second-order valence-corrected chi connectivity index (χ2v) is 6.12. The summed E-state index contributed by atoms with van der Waals surface area (Å²) in [6, 6.07) is 5.31. The molecule has 24 heavy (non-hydrogen) atoms. The molecule has 9 heteroatoms. The molecule has 3 N–H and O–H groups in total. The van der Waals surface area contributed by atoms with Crippen LogP contribution >= 0.6 is 11.3 Å². The van der Waals surface area contributed by atoms with E-state index in [0.717, 1.165) is 22.7 Å². The molecule has 0 fully saturated rings. The molecule has 0 saturated carbocycles. The monoisotopic (exact) mass is 342 g/mol. The molecule has 2 amide bonds. The molecular formula is C15H14N6O2S. The smallest absolute Gasteiger partial charge is 0.260 e. The van der Waals surface area contributed by atoms with Crippen LogP contribution in [0, 0.1) is 13.8 Å². The summed E-state index contributed by atoms with van der Waals surface area (Å²) in [7, 11) is 0. The van der Waals surface area contributed by atoms with Gasteiger partial charge in [-0.1, -0.05) is 11.3 Å². The van der Waals surface area contributed by atoms with Crippen LogP contribution in [0.5, 0.6) is 0 Å². The Hall–Kier alpha value is -3.07. The minimum atomic E-state index is -0.580. The van der Waals surface area contributed by atoms with E-state index >= 15 is 0 Å². The highest BCUT2D eigenvalue weighted by molar-refractivity contribution is 7.17. The molecule has 3 heterocycles. The van der Waals surface area contributed by atoms with Gasteiger partial charge < -0.3 is 5.73 Å². The van der Waals surface area contributed by atoms with Gasteiger partial charge in [-0.25, -0.2) is 14.6 Å². The first-order valence-electron chi connectivity index (χ1n) is 7.00. The Morgan fingerprint density at radius 3 is 2.54 bits per heavy atom. The van der Waals surface area contributed by atoms with Crippen LogP contribution in [0.4, 0.5) is 5.13 Å². The maximum atomic E-state index is 12.2.